The van der Waals surface area contributed by atoms with Crippen LogP contribution in [0.25, 0.3) is 0 Å². The molecule has 2 aromatic carbocycles. The topological polar surface area (TPSA) is 124 Å². The number of rotatable bonds is 0. The van der Waals surface area contributed by atoms with Gasteiger partial charge in [-0.1, -0.05) is 24.3 Å². The van der Waals surface area contributed by atoms with Crippen molar-refractivity contribution in [2.45, 2.75) is 11.2 Å². The molecule has 0 N–H and O–H groups in total. The zero-order valence-electron chi connectivity index (χ0n) is 19.1. The van der Waals surface area contributed by atoms with Crippen molar-refractivity contribution in [3.05, 3.63) is 59.7 Å². The Kier molecular flexibility index (Phi) is 5.31. The minimum absolute atomic E-state index is 0.0594. The second kappa shape index (κ2) is 8.42. The maximum Gasteiger partial charge on any atom is 0.356 e. The molecule has 4 aliphatic rings. The maximum atomic E-state index is 13.8. The number of hydrogen-bond donors (Lipinski definition) is 0. The van der Waals surface area contributed by atoms with Crippen LogP contribution in [0.5, 0.6) is 11.5 Å². The lowest BCUT2D eigenvalue weighted by atomic mass is 9.45. The highest BCUT2D eigenvalue weighted by Crippen LogP contribution is 2.64. The number of ketones is 2. The summed E-state index contributed by atoms with van der Waals surface area (Å²) in [7, 11) is 0. The first-order valence-corrected chi connectivity index (χ1v) is 11.7. The molecule has 2 spiro atoms. The van der Waals surface area contributed by atoms with Gasteiger partial charge in [0, 0.05) is 0 Å². The highest BCUT2D eigenvalue weighted by molar-refractivity contribution is 6.19. The van der Waals surface area contributed by atoms with Crippen molar-refractivity contribution in [3.63, 3.8) is 0 Å². The molecule has 0 amide bonds. The van der Waals surface area contributed by atoms with Gasteiger partial charge in [-0.3, -0.25) is 9.59 Å². The summed E-state index contributed by atoms with van der Waals surface area (Å²) in [5.41, 5.74) is -4.17. The highest BCUT2D eigenvalue weighted by atomic mass is 16.6. The molecule has 4 atom stereocenters. The molecule has 1 aliphatic carbocycles. The predicted molar refractivity (Wildman–Crippen MR) is 119 cm³/mol. The van der Waals surface area contributed by atoms with Crippen LogP contribution in [0.3, 0.4) is 0 Å². The van der Waals surface area contributed by atoms with Crippen LogP contribution >= 0.6 is 0 Å². The second-order valence-electron chi connectivity index (χ2n) is 8.85. The largest absolute Gasteiger partial charge is 0.469 e. The average Bonchev–Trinajstić information content (AvgIpc) is 2.88. The van der Waals surface area contributed by atoms with Gasteiger partial charge in [0.05, 0.1) is 49.4 Å². The van der Waals surface area contributed by atoms with E-state index < -0.39 is 46.5 Å². The van der Waals surface area contributed by atoms with E-state index in [1.165, 1.54) is 12.1 Å². The number of Topliss-reactive ketones (excluding diaryl/α,β-unsaturated/α-hetero) is 2. The number of carbonyl (C=O) groups is 4. The van der Waals surface area contributed by atoms with Crippen molar-refractivity contribution in [3.8, 4) is 11.5 Å². The summed E-state index contributed by atoms with van der Waals surface area (Å²) in [6.45, 7) is 0.275. The summed E-state index contributed by atoms with van der Waals surface area (Å²) >= 11 is 0. The van der Waals surface area contributed by atoms with E-state index in [4.69, 9.17) is 28.4 Å². The molecule has 1 saturated heterocycles. The van der Waals surface area contributed by atoms with E-state index in [9.17, 15) is 19.2 Å². The van der Waals surface area contributed by atoms with E-state index in [0.29, 0.717) is 0 Å². The van der Waals surface area contributed by atoms with Crippen LogP contribution in [0.4, 0.5) is 0 Å². The fraction of sp³-hybridized carbons (Fsp3) is 0.385. The standard InChI is InChI=1S/C26H22O10/c27-21-15-5-1-3-7-17(15)35-25-19(21)20-22(28)16-6-2-4-8-18(16)36-26(20,25)24(30)34-14-12-32-10-9-31-11-13-33-23(25)29/h1-8,19-20H,9-14H2/t19-,20-,25-,26-/m1/s1. The van der Waals surface area contributed by atoms with Crippen LogP contribution < -0.4 is 9.47 Å². The average molecular weight is 494 g/mol. The molecule has 0 aromatic heterocycles. The number of cyclic esters (lactones) is 2. The monoisotopic (exact) mass is 494 g/mol. The van der Waals surface area contributed by atoms with Crippen molar-refractivity contribution >= 4 is 23.5 Å². The van der Waals surface area contributed by atoms with Gasteiger partial charge in [0.2, 0.25) is 0 Å². The summed E-state index contributed by atoms with van der Waals surface area (Å²) in [5, 5.41) is 0. The molecule has 1 saturated carbocycles. The second-order valence-corrected chi connectivity index (χ2v) is 8.85. The molecule has 10 heteroatoms. The minimum atomic E-state index is -2.28. The predicted octanol–water partition coefficient (Wildman–Crippen LogP) is 1.39. The Hall–Kier alpha value is -3.76. The Morgan fingerprint density at radius 2 is 0.944 bits per heavy atom. The van der Waals surface area contributed by atoms with Crippen LogP contribution in [0.1, 0.15) is 20.7 Å². The summed E-state index contributed by atoms with van der Waals surface area (Å²) in [6.07, 6.45) is 0. The van der Waals surface area contributed by atoms with Gasteiger partial charge < -0.3 is 28.4 Å². The molecule has 6 rings (SSSR count). The van der Waals surface area contributed by atoms with Crippen molar-refractivity contribution in [1.82, 2.24) is 0 Å². The van der Waals surface area contributed by atoms with Crippen molar-refractivity contribution in [1.29, 1.82) is 0 Å². The van der Waals surface area contributed by atoms with E-state index in [0.717, 1.165) is 0 Å². The molecular formula is C26H22O10. The number of esters is 2. The van der Waals surface area contributed by atoms with Gasteiger partial charge in [-0.2, -0.15) is 0 Å². The third-order valence-corrected chi connectivity index (χ3v) is 7.07. The Morgan fingerprint density at radius 1 is 0.556 bits per heavy atom. The Labute approximate surface area is 205 Å². The first-order valence-electron chi connectivity index (χ1n) is 11.7. The lowest BCUT2D eigenvalue weighted by Crippen LogP contribution is -2.90. The normalized spacial score (nSPS) is 31.8. The summed E-state index contributed by atoms with van der Waals surface area (Å²) in [5.74, 6) is -5.61. The van der Waals surface area contributed by atoms with Crippen LogP contribution in [-0.2, 0) is 28.5 Å². The SMILES string of the molecule is O=C1c2ccccc2O[C@]23C(=O)OCCOCCOCCOC(=O)[C@@]24Oc2ccccc2C(=O)[C@H]4[C@H]13. The Morgan fingerprint density at radius 3 is 1.39 bits per heavy atom. The van der Waals surface area contributed by atoms with Crippen molar-refractivity contribution in [2.75, 3.05) is 39.6 Å². The Balaban J connectivity index is 1.55. The third kappa shape index (κ3) is 2.91. The molecule has 10 nitrogen and oxygen atoms in total. The zero-order chi connectivity index (χ0) is 24.9. The van der Waals surface area contributed by atoms with E-state index in [1.54, 1.807) is 36.4 Å². The molecule has 186 valence electrons. The van der Waals surface area contributed by atoms with Gasteiger partial charge in [0.15, 0.2) is 11.6 Å². The maximum absolute atomic E-state index is 13.8. The lowest BCUT2D eigenvalue weighted by Gasteiger charge is -2.64. The first-order chi connectivity index (χ1) is 17.5. The molecule has 3 heterocycles. The third-order valence-electron chi connectivity index (χ3n) is 7.07. The zero-order valence-corrected chi connectivity index (χ0v) is 19.1. The lowest BCUT2D eigenvalue weighted by molar-refractivity contribution is -0.262. The van der Waals surface area contributed by atoms with Crippen LogP contribution in [-0.4, -0.2) is 74.3 Å². The highest BCUT2D eigenvalue weighted by Gasteiger charge is 2.90. The van der Waals surface area contributed by atoms with E-state index in [2.05, 4.69) is 0 Å². The van der Waals surface area contributed by atoms with Gasteiger partial charge in [0.1, 0.15) is 24.7 Å². The molecule has 0 unspecified atom stereocenters. The summed E-state index contributed by atoms with van der Waals surface area (Å²) in [6, 6.07) is 12.7. The van der Waals surface area contributed by atoms with Crippen molar-refractivity contribution < 1.29 is 47.6 Å². The van der Waals surface area contributed by atoms with E-state index in [1.807, 2.05) is 0 Å². The quantitative estimate of drug-likeness (QED) is 0.497. The number of fused-ring (bicyclic) bond motifs is 3. The molecule has 2 fully saturated rings. The van der Waals surface area contributed by atoms with Gasteiger partial charge in [-0.25, -0.2) is 9.59 Å². The smallest absolute Gasteiger partial charge is 0.356 e. The Bertz CT molecular complexity index is 1170. The van der Waals surface area contributed by atoms with Crippen molar-refractivity contribution in [2.24, 2.45) is 11.8 Å². The minimum Gasteiger partial charge on any atom is -0.469 e. The number of hydrogen-bond acceptors (Lipinski definition) is 10. The number of carbonyl (C=O) groups excluding carboxylic acids is 4. The number of benzene rings is 2. The molecule has 36 heavy (non-hydrogen) atoms. The fourth-order valence-electron chi connectivity index (χ4n) is 5.55. The number of ether oxygens (including phenoxy) is 6. The molecular weight excluding hydrogens is 472 g/mol. The molecule has 2 aromatic rings. The van der Waals surface area contributed by atoms with E-state index >= 15 is 0 Å². The summed E-state index contributed by atoms with van der Waals surface area (Å²) < 4.78 is 34.2. The van der Waals surface area contributed by atoms with Crippen LogP contribution in [0, 0.1) is 11.8 Å². The van der Waals surface area contributed by atoms with Gasteiger partial charge in [0.25, 0.3) is 11.2 Å². The van der Waals surface area contributed by atoms with Gasteiger partial charge in [-0.05, 0) is 24.3 Å². The number of para-hydroxylation sites is 2. The van der Waals surface area contributed by atoms with Crippen LogP contribution in [0.15, 0.2) is 48.5 Å². The molecule has 0 bridgehead atoms. The fourth-order valence-corrected chi connectivity index (χ4v) is 5.55. The van der Waals surface area contributed by atoms with Gasteiger partial charge >= 0.3 is 11.9 Å². The first kappa shape index (κ1) is 22.7. The van der Waals surface area contributed by atoms with Gasteiger partial charge in [-0.15, -0.1) is 0 Å². The molecule has 0 radical (unpaired) electrons. The summed E-state index contributed by atoms with van der Waals surface area (Å²) in [4.78, 5) is 55.1. The van der Waals surface area contributed by atoms with Crippen LogP contribution in [0.2, 0.25) is 0 Å². The molecule has 3 aliphatic heterocycles. The van der Waals surface area contributed by atoms with E-state index in [-0.39, 0.29) is 62.3 Å².